The van der Waals surface area contributed by atoms with E-state index in [1.165, 1.54) is 12.7 Å². The molecule has 12 heteroatoms. The third kappa shape index (κ3) is 8.25. The topological polar surface area (TPSA) is 164 Å². The van der Waals surface area contributed by atoms with Gasteiger partial charge in [0.2, 0.25) is 11.8 Å². The summed E-state index contributed by atoms with van der Waals surface area (Å²) in [4.78, 5) is 57.5. The van der Waals surface area contributed by atoms with Crippen LogP contribution >= 0.6 is 0 Å². The van der Waals surface area contributed by atoms with E-state index >= 15 is 0 Å². The highest BCUT2D eigenvalue weighted by Crippen LogP contribution is 2.26. The van der Waals surface area contributed by atoms with Crippen LogP contribution in [0.2, 0.25) is 0 Å². The predicted octanol–water partition coefficient (Wildman–Crippen LogP) is 2.32. The Hall–Kier alpha value is -4.58. The lowest BCUT2D eigenvalue weighted by molar-refractivity contribution is -0.141. The number of hydrogen-bond donors (Lipinski definition) is 3. The number of amides is 2. The van der Waals surface area contributed by atoms with Gasteiger partial charge in [-0.2, -0.15) is 4.98 Å². The number of aryl methyl sites for hydroxylation is 1. The first-order chi connectivity index (χ1) is 20.5. The molecule has 0 spiro atoms. The summed E-state index contributed by atoms with van der Waals surface area (Å²) >= 11 is 0. The van der Waals surface area contributed by atoms with Gasteiger partial charge in [0, 0.05) is 24.2 Å². The summed E-state index contributed by atoms with van der Waals surface area (Å²) in [6.07, 6.45) is 0.102. The molecule has 0 bridgehead atoms. The Kier molecular flexibility index (Phi) is 10.3. The number of hydrogen-bond acceptors (Lipinski definition) is 9. The number of nitrogens with one attached hydrogen (secondary N) is 2. The lowest BCUT2D eigenvalue weighted by atomic mass is 9.98. The van der Waals surface area contributed by atoms with Gasteiger partial charge in [-0.15, -0.1) is 0 Å². The Morgan fingerprint density at radius 2 is 1.84 bits per heavy atom. The third-order valence-electron chi connectivity index (χ3n) is 7.34. The molecular weight excluding hydrogens is 554 g/mol. The maximum Gasteiger partial charge on any atom is 0.305 e. The van der Waals surface area contributed by atoms with Crippen molar-refractivity contribution in [3.8, 4) is 17.2 Å². The number of rotatable bonds is 13. The highest BCUT2D eigenvalue weighted by molar-refractivity contribution is 5.95. The van der Waals surface area contributed by atoms with Gasteiger partial charge in [-0.05, 0) is 48.6 Å². The molecule has 2 heterocycles. The molecule has 0 fully saturated rings. The van der Waals surface area contributed by atoms with Crippen LogP contribution in [-0.2, 0) is 38.6 Å². The molecule has 12 nitrogen and oxygen atoms in total. The first-order valence-electron chi connectivity index (χ1n) is 14.1. The zero-order valence-corrected chi connectivity index (χ0v) is 24.8. The molecule has 3 N–H and O–H groups in total. The fraction of sp³-hybridized carbons (Fsp3) is 0.419. The van der Waals surface area contributed by atoms with Crippen LogP contribution in [0.1, 0.15) is 42.8 Å². The van der Waals surface area contributed by atoms with Gasteiger partial charge < -0.3 is 25.0 Å². The Morgan fingerprint density at radius 3 is 2.49 bits per heavy atom. The molecule has 0 saturated carbocycles. The first-order valence-corrected chi connectivity index (χ1v) is 14.1. The fourth-order valence-corrected chi connectivity index (χ4v) is 5.10. The number of aliphatic carboxylic acids is 1. The van der Waals surface area contributed by atoms with E-state index in [1.54, 1.807) is 39.0 Å². The summed E-state index contributed by atoms with van der Waals surface area (Å²) in [5.74, 6) is -1.82. The number of benzene rings is 2. The van der Waals surface area contributed by atoms with Crippen LogP contribution in [0, 0.1) is 12.8 Å². The van der Waals surface area contributed by atoms with Crippen molar-refractivity contribution < 1.29 is 33.5 Å². The summed E-state index contributed by atoms with van der Waals surface area (Å²) in [6, 6.07) is 10.9. The van der Waals surface area contributed by atoms with Gasteiger partial charge in [0.1, 0.15) is 11.8 Å². The number of carbonyl (C=O) groups excluding carboxylic acids is 3. The number of carboxylic acids is 1. The molecule has 2 aromatic carbocycles. The number of ether oxygens (including phenoxy) is 1. The van der Waals surface area contributed by atoms with E-state index in [1.807, 2.05) is 23.1 Å². The zero-order valence-electron chi connectivity index (χ0n) is 24.8. The van der Waals surface area contributed by atoms with Gasteiger partial charge in [-0.3, -0.25) is 24.1 Å². The van der Waals surface area contributed by atoms with Crippen LogP contribution in [0.4, 0.5) is 0 Å². The van der Waals surface area contributed by atoms with Gasteiger partial charge >= 0.3 is 5.97 Å². The van der Waals surface area contributed by atoms with Crippen molar-refractivity contribution in [3.05, 3.63) is 65.0 Å². The standard InChI is InChI=1S/C31H37N5O7/c1-18(2)29(34-27(38)14-23-13-21(9-10-26(23)42-4)31-32-19(3)35-43-31)30(41)33-24(15-28(39)40)25(37)17-36-12-11-20-7-5-6-8-22(20)16-36/h5-10,13,18,24,29H,11-12,14-17H2,1-4H3,(H,33,41)(H,34,38)(H,39,40)/t24-,29-/m0/s1. The van der Waals surface area contributed by atoms with Gasteiger partial charge in [0.15, 0.2) is 11.6 Å². The second-order valence-electron chi connectivity index (χ2n) is 11.0. The minimum Gasteiger partial charge on any atom is -0.496 e. The largest absolute Gasteiger partial charge is 0.496 e. The molecule has 0 saturated heterocycles. The number of methoxy groups -OCH3 is 1. The van der Waals surface area contributed by atoms with Crippen molar-refractivity contribution >= 4 is 23.6 Å². The van der Waals surface area contributed by atoms with Crippen LogP contribution in [0.5, 0.6) is 5.75 Å². The van der Waals surface area contributed by atoms with Crippen molar-refractivity contribution in [3.63, 3.8) is 0 Å². The highest BCUT2D eigenvalue weighted by atomic mass is 16.5. The van der Waals surface area contributed by atoms with E-state index in [9.17, 15) is 24.3 Å². The quantitative estimate of drug-likeness (QED) is 0.269. The van der Waals surface area contributed by atoms with Crippen LogP contribution in [-0.4, -0.2) is 76.0 Å². The molecular formula is C31H37N5O7. The summed E-state index contributed by atoms with van der Waals surface area (Å²) in [5.41, 5.74) is 3.50. The van der Waals surface area contributed by atoms with Gasteiger partial charge in [-0.1, -0.05) is 43.3 Å². The van der Waals surface area contributed by atoms with Crippen LogP contribution in [0.3, 0.4) is 0 Å². The van der Waals surface area contributed by atoms with E-state index < -0.39 is 42.1 Å². The second-order valence-corrected chi connectivity index (χ2v) is 11.0. The van der Waals surface area contributed by atoms with Crippen molar-refractivity contribution in [2.24, 2.45) is 5.92 Å². The van der Waals surface area contributed by atoms with Gasteiger partial charge in [-0.25, -0.2) is 0 Å². The molecule has 0 unspecified atom stereocenters. The van der Waals surface area contributed by atoms with Crippen LogP contribution in [0.15, 0.2) is 47.0 Å². The minimum atomic E-state index is -1.24. The summed E-state index contributed by atoms with van der Waals surface area (Å²) in [7, 11) is 1.49. The third-order valence-corrected chi connectivity index (χ3v) is 7.34. The molecule has 1 aliphatic rings. The average Bonchev–Trinajstić information content (AvgIpc) is 3.41. The number of fused-ring (bicyclic) bond motifs is 1. The smallest absolute Gasteiger partial charge is 0.305 e. The first kappa shape index (κ1) is 31.4. The van der Waals surface area contributed by atoms with Crippen molar-refractivity contribution in [1.82, 2.24) is 25.7 Å². The Bertz CT molecular complexity index is 1480. The zero-order chi connectivity index (χ0) is 31.1. The number of carbonyl (C=O) groups is 4. The molecule has 0 aliphatic carbocycles. The van der Waals surface area contributed by atoms with E-state index in [0.717, 1.165) is 12.0 Å². The van der Waals surface area contributed by atoms with Gasteiger partial charge in [0.25, 0.3) is 5.89 Å². The SMILES string of the molecule is COc1ccc(-c2nc(C)no2)cc1CC(=O)N[C@H](C(=O)N[C@@H](CC(=O)O)C(=O)CN1CCc2ccccc2C1)C(C)C. The molecule has 2 atom stereocenters. The van der Waals surface area contributed by atoms with Crippen molar-refractivity contribution in [2.45, 2.75) is 58.7 Å². The van der Waals surface area contributed by atoms with Crippen LogP contribution < -0.4 is 15.4 Å². The Balaban J connectivity index is 1.42. The summed E-state index contributed by atoms with van der Waals surface area (Å²) in [5, 5.41) is 18.6. The lowest BCUT2D eigenvalue weighted by Crippen LogP contribution is -2.55. The molecule has 4 rings (SSSR count). The Labute approximate surface area is 249 Å². The molecule has 228 valence electrons. The van der Waals surface area contributed by atoms with E-state index in [2.05, 4.69) is 26.8 Å². The highest BCUT2D eigenvalue weighted by Gasteiger charge is 2.31. The van der Waals surface area contributed by atoms with E-state index in [0.29, 0.717) is 41.7 Å². The van der Waals surface area contributed by atoms with Crippen molar-refractivity contribution in [2.75, 3.05) is 20.2 Å². The summed E-state index contributed by atoms with van der Waals surface area (Å²) in [6.45, 7) is 6.42. The molecule has 0 radical (unpaired) electrons. The monoisotopic (exact) mass is 591 g/mol. The molecule has 43 heavy (non-hydrogen) atoms. The molecule has 3 aromatic rings. The molecule has 1 aliphatic heterocycles. The fourth-order valence-electron chi connectivity index (χ4n) is 5.10. The normalized spacial score (nSPS) is 14.4. The van der Waals surface area contributed by atoms with E-state index in [4.69, 9.17) is 9.26 Å². The summed E-state index contributed by atoms with van der Waals surface area (Å²) < 4.78 is 10.6. The van der Waals surface area contributed by atoms with Gasteiger partial charge in [0.05, 0.1) is 32.5 Å². The number of nitrogens with zero attached hydrogens (tertiary/aromatic N) is 3. The average molecular weight is 592 g/mol. The molecule has 2 amide bonds. The number of Topliss-reactive ketones (excluding diaryl/α,β-unsaturated/α-hetero) is 1. The van der Waals surface area contributed by atoms with Crippen LogP contribution in [0.25, 0.3) is 11.5 Å². The van der Waals surface area contributed by atoms with E-state index in [-0.39, 0.29) is 18.9 Å². The van der Waals surface area contributed by atoms with Crippen molar-refractivity contribution in [1.29, 1.82) is 0 Å². The minimum absolute atomic E-state index is 0.000963. The number of aromatic nitrogens is 2. The number of ketones is 1. The Morgan fingerprint density at radius 1 is 1.09 bits per heavy atom. The predicted molar refractivity (Wildman–Crippen MR) is 156 cm³/mol. The second kappa shape index (κ2) is 14.1. The maximum atomic E-state index is 13.4. The maximum absolute atomic E-state index is 13.4. The number of carboxylic acid groups (broad SMARTS) is 1. The lowest BCUT2D eigenvalue weighted by Gasteiger charge is -2.30. The molecule has 1 aromatic heterocycles.